The smallest absolute Gasteiger partial charge is 0.173 e. The molecule has 0 aromatic heterocycles. The highest BCUT2D eigenvalue weighted by Crippen LogP contribution is 2.01. The van der Waals surface area contributed by atoms with Crippen LogP contribution >= 0.6 is 0 Å². The molecule has 0 saturated heterocycles. The predicted molar refractivity (Wildman–Crippen MR) is 69.1 cm³/mol. The molecule has 13 heavy (non-hydrogen) atoms. The molecule has 0 radical (unpaired) electrons. The third-order valence-electron chi connectivity index (χ3n) is 2.05. The van der Waals surface area contributed by atoms with Gasteiger partial charge in [-0.2, -0.15) is 0 Å². The molecule has 1 atom stereocenters. The lowest BCUT2D eigenvalue weighted by Gasteiger charge is -2.09. The van der Waals surface area contributed by atoms with Gasteiger partial charge in [-0.05, 0) is 11.7 Å². The van der Waals surface area contributed by atoms with Crippen molar-refractivity contribution in [3.63, 3.8) is 0 Å². The standard InChI is InChI=1S/C6H18OSi2.C4H10/c1-4-5-9(7-2)6-8-3;1-3-4-2/h9H,4-6,8H2,1-3H3;3-4H2,1-2H3. The summed E-state index contributed by atoms with van der Waals surface area (Å²) in [7, 11) is 1.51. The molecule has 0 aliphatic heterocycles. The molecule has 0 amide bonds. The monoisotopic (exact) mass is 220 g/mol. The van der Waals surface area contributed by atoms with Gasteiger partial charge in [0.2, 0.25) is 0 Å². The Hall–Kier alpha value is 0.394. The van der Waals surface area contributed by atoms with Gasteiger partial charge in [-0.3, -0.25) is 0 Å². The van der Waals surface area contributed by atoms with Gasteiger partial charge in [0.1, 0.15) is 0 Å². The van der Waals surface area contributed by atoms with Crippen molar-refractivity contribution in [2.45, 2.75) is 58.3 Å². The maximum Gasteiger partial charge on any atom is 0.173 e. The summed E-state index contributed by atoms with van der Waals surface area (Å²) in [6.45, 7) is 8.98. The van der Waals surface area contributed by atoms with Gasteiger partial charge in [-0.25, -0.2) is 0 Å². The van der Waals surface area contributed by atoms with E-state index >= 15 is 0 Å². The molecule has 0 aliphatic carbocycles. The van der Waals surface area contributed by atoms with Crippen molar-refractivity contribution in [1.82, 2.24) is 0 Å². The molecule has 1 unspecified atom stereocenters. The van der Waals surface area contributed by atoms with Gasteiger partial charge in [0.05, 0.1) is 0 Å². The van der Waals surface area contributed by atoms with Gasteiger partial charge in [0, 0.05) is 16.6 Å². The summed E-state index contributed by atoms with van der Waals surface area (Å²) in [6.07, 6.45) is 3.96. The molecule has 0 spiro atoms. The van der Waals surface area contributed by atoms with Crippen LogP contribution in [0.2, 0.25) is 18.3 Å². The van der Waals surface area contributed by atoms with E-state index in [4.69, 9.17) is 4.43 Å². The Morgan fingerprint density at radius 2 is 1.62 bits per heavy atom. The first-order chi connectivity index (χ1) is 6.26. The van der Waals surface area contributed by atoms with Gasteiger partial charge in [0.25, 0.3) is 0 Å². The second-order valence-corrected chi connectivity index (χ2v) is 9.04. The van der Waals surface area contributed by atoms with Crippen LogP contribution in [0.5, 0.6) is 0 Å². The van der Waals surface area contributed by atoms with Crippen LogP contribution < -0.4 is 0 Å². The van der Waals surface area contributed by atoms with Crippen molar-refractivity contribution in [3.8, 4) is 0 Å². The van der Waals surface area contributed by atoms with E-state index in [0.717, 1.165) is 0 Å². The lowest BCUT2D eigenvalue weighted by atomic mass is 10.4. The lowest BCUT2D eigenvalue weighted by Crippen LogP contribution is -2.16. The molecule has 0 bridgehead atoms. The molecule has 0 aromatic rings. The highest BCUT2D eigenvalue weighted by molar-refractivity contribution is 6.64. The fourth-order valence-corrected chi connectivity index (χ4v) is 6.58. The highest BCUT2D eigenvalue weighted by Gasteiger charge is 2.05. The quantitative estimate of drug-likeness (QED) is 0.626. The second kappa shape index (κ2) is 14.9. The maximum atomic E-state index is 5.40. The number of hydrogen-bond donors (Lipinski definition) is 0. The van der Waals surface area contributed by atoms with Gasteiger partial charge >= 0.3 is 0 Å². The summed E-state index contributed by atoms with van der Waals surface area (Å²) >= 11 is 0. The summed E-state index contributed by atoms with van der Waals surface area (Å²) in [5, 5.41) is 0. The topological polar surface area (TPSA) is 9.23 Å². The molecule has 3 heteroatoms. The number of unbranched alkanes of at least 4 members (excludes halogenated alkanes) is 1. The van der Waals surface area contributed by atoms with Crippen LogP contribution in [0.1, 0.15) is 40.0 Å². The zero-order valence-electron chi connectivity index (χ0n) is 10.2. The minimum absolute atomic E-state index is 0.272. The van der Waals surface area contributed by atoms with Crippen LogP contribution in [0, 0.1) is 0 Å². The zero-order valence-corrected chi connectivity index (χ0v) is 12.8. The van der Waals surface area contributed by atoms with Crippen molar-refractivity contribution < 1.29 is 4.43 Å². The number of hydrogen-bond acceptors (Lipinski definition) is 1. The van der Waals surface area contributed by atoms with Crippen LogP contribution in [0.15, 0.2) is 0 Å². The van der Waals surface area contributed by atoms with Crippen molar-refractivity contribution in [2.75, 3.05) is 7.11 Å². The van der Waals surface area contributed by atoms with E-state index in [2.05, 4.69) is 27.3 Å². The van der Waals surface area contributed by atoms with Gasteiger partial charge in [0.15, 0.2) is 9.04 Å². The molecular weight excluding hydrogens is 192 g/mol. The second-order valence-electron chi connectivity index (χ2n) is 3.44. The van der Waals surface area contributed by atoms with E-state index in [0.29, 0.717) is 0 Å². The van der Waals surface area contributed by atoms with E-state index in [1.54, 1.807) is 0 Å². The molecule has 0 heterocycles. The molecule has 0 aliphatic rings. The largest absolute Gasteiger partial charge is 0.423 e. The Kier molecular flexibility index (Phi) is 18.2. The molecule has 0 aromatic carbocycles. The summed E-state index contributed by atoms with van der Waals surface area (Å²) in [5.41, 5.74) is 1.49. The molecular formula is C10H28OSi2. The Labute approximate surface area is 88.8 Å². The first-order valence-corrected chi connectivity index (χ1v) is 10.3. The fourth-order valence-electron chi connectivity index (χ4n) is 1.02. The van der Waals surface area contributed by atoms with Crippen LogP contribution in [0.3, 0.4) is 0 Å². The van der Waals surface area contributed by atoms with Crippen LogP contribution in [-0.4, -0.2) is 25.7 Å². The third kappa shape index (κ3) is 15.2. The molecule has 0 saturated carbocycles. The average Bonchev–Trinajstić information content (AvgIpc) is 2.18. The van der Waals surface area contributed by atoms with Crippen molar-refractivity contribution in [2.24, 2.45) is 0 Å². The SMILES string of the molecule is CCCC.CCC[SiH](C[SiH2]C)OC. The average molecular weight is 221 g/mol. The summed E-state index contributed by atoms with van der Waals surface area (Å²) in [4.78, 5) is 0. The van der Waals surface area contributed by atoms with E-state index < -0.39 is 9.04 Å². The normalized spacial score (nSPS) is 12.7. The Morgan fingerprint density at radius 3 is 1.85 bits per heavy atom. The van der Waals surface area contributed by atoms with E-state index in [9.17, 15) is 0 Å². The Bertz CT molecular complexity index is 71.3. The molecule has 0 rings (SSSR count). The van der Waals surface area contributed by atoms with Crippen molar-refractivity contribution in [1.29, 1.82) is 0 Å². The zero-order chi connectivity index (χ0) is 10.5. The van der Waals surface area contributed by atoms with E-state index in [1.165, 1.54) is 31.0 Å². The minimum Gasteiger partial charge on any atom is -0.423 e. The van der Waals surface area contributed by atoms with E-state index in [1.807, 2.05) is 7.11 Å². The van der Waals surface area contributed by atoms with Gasteiger partial charge in [-0.15, -0.1) is 0 Å². The number of rotatable bonds is 6. The third-order valence-corrected chi connectivity index (χ3v) is 8.83. The Balaban J connectivity index is 0. The molecule has 82 valence electrons. The molecule has 0 N–H and O–H groups in total. The van der Waals surface area contributed by atoms with Crippen molar-refractivity contribution >= 4 is 18.6 Å². The molecule has 1 nitrogen and oxygen atoms in total. The predicted octanol–water partition coefficient (Wildman–Crippen LogP) is 2.75. The van der Waals surface area contributed by atoms with Gasteiger partial charge < -0.3 is 4.43 Å². The van der Waals surface area contributed by atoms with Crippen molar-refractivity contribution in [3.05, 3.63) is 0 Å². The van der Waals surface area contributed by atoms with Crippen LogP contribution in [-0.2, 0) is 4.43 Å². The first kappa shape index (κ1) is 15.8. The molecule has 0 fully saturated rings. The highest BCUT2D eigenvalue weighted by atomic mass is 28.3. The van der Waals surface area contributed by atoms with E-state index in [-0.39, 0.29) is 9.52 Å². The maximum absolute atomic E-state index is 5.40. The summed E-state index contributed by atoms with van der Waals surface area (Å²) in [5.74, 6) is 0. The lowest BCUT2D eigenvalue weighted by molar-refractivity contribution is 0.421. The van der Waals surface area contributed by atoms with Gasteiger partial charge in [-0.1, -0.05) is 46.6 Å². The Morgan fingerprint density at radius 1 is 1.08 bits per heavy atom. The minimum atomic E-state index is -0.651. The van der Waals surface area contributed by atoms with Crippen LogP contribution in [0.25, 0.3) is 0 Å². The summed E-state index contributed by atoms with van der Waals surface area (Å²) < 4.78 is 5.40. The van der Waals surface area contributed by atoms with Crippen LogP contribution in [0.4, 0.5) is 0 Å². The fraction of sp³-hybridized carbons (Fsp3) is 1.00. The first-order valence-electron chi connectivity index (χ1n) is 5.79. The summed E-state index contributed by atoms with van der Waals surface area (Å²) in [6, 6.07) is 1.39.